The summed E-state index contributed by atoms with van der Waals surface area (Å²) in [4.78, 5) is 42.6. The summed E-state index contributed by atoms with van der Waals surface area (Å²) in [7, 11) is -4.76. The zero-order valence-corrected chi connectivity index (χ0v) is 31.1. The van der Waals surface area contributed by atoms with Crippen LogP contribution in [-0.2, 0) is 28.2 Å². The molecule has 1 unspecified atom stereocenters. The Balaban J connectivity index is 3.99. The highest BCUT2D eigenvalue weighted by Gasteiger charge is 2.22. The molecule has 1 atom stereocenters. The average molecular weight is 687 g/mol. The molecular weight excluding hydrogens is 615 g/mol. The molecule has 0 heterocycles. The van der Waals surface area contributed by atoms with Gasteiger partial charge in [-0.2, -0.15) is 0 Å². The molecule has 276 valence electrons. The fourth-order valence-corrected chi connectivity index (χ4v) is 5.73. The van der Waals surface area contributed by atoms with Crippen LogP contribution in [0.1, 0.15) is 187 Å². The molecule has 0 fully saturated rings. The Bertz CT molecular complexity index is 823. The monoisotopic (exact) mass is 686 g/mol. The molecule has 8 nitrogen and oxygen atoms in total. The molecule has 0 amide bonds. The van der Waals surface area contributed by atoms with Gasteiger partial charge in [-0.05, 0) is 32.1 Å². The van der Waals surface area contributed by atoms with Crippen LogP contribution in [0, 0.1) is 0 Å². The van der Waals surface area contributed by atoms with Gasteiger partial charge >= 0.3 is 19.8 Å². The number of rotatable bonds is 35. The van der Waals surface area contributed by atoms with Gasteiger partial charge in [0.2, 0.25) is 0 Å². The van der Waals surface area contributed by atoms with Gasteiger partial charge in [0.25, 0.3) is 0 Å². The van der Waals surface area contributed by atoms with Crippen molar-refractivity contribution in [2.24, 2.45) is 0 Å². The van der Waals surface area contributed by atoms with Crippen LogP contribution < -0.4 is 0 Å². The van der Waals surface area contributed by atoms with E-state index in [2.05, 4.69) is 30.5 Å². The van der Waals surface area contributed by atoms with Crippen molar-refractivity contribution in [2.45, 2.75) is 193 Å². The molecule has 0 rings (SSSR count). The van der Waals surface area contributed by atoms with E-state index in [4.69, 9.17) is 19.3 Å². The maximum absolute atomic E-state index is 12.3. The largest absolute Gasteiger partial charge is 0.469 e. The summed E-state index contributed by atoms with van der Waals surface area (Å²) in [6.07, 6.45) is 37.7. The van der Waals surface area contributed by atoms with Crippen LogP contribution in [0.2, 0.25) is 0 Å². The number of phosphoric ester groups is 1. The van der Waals surface area contributed by atoms with Crippen LogP contribution in [0.3, 0.4) is 0 Å². The molecule has 0 aliphatic heterocycles. The van der Waals surface area contributed by atoms with Gasteiger partial charge in [-0.1, -0.05) is 167 Å². The lowest BCUT2D eigenvalue weighted by atomic mass is 10.0. The van der Waals surface area contributed by atoms with Crippen LogP contribution >= 0.6 is 7.82 Å². The molecule has 47 heavy (non-hydrogen) atoms. The molecule has 0 aromatic carbocycles. The summed E-state index contributed by atoms with van der Waals surface area (Å²) >= 11 is 0. The van der Waals surface area contributed by atoms with Crippen molar-refractivity contribution in [3.8, 4) is 0 Å². The average Bonchev–Trinajstić information content (AvgIpc) is 3.03. The summed E-state index contributed by atoms with van der Waals surface area (Å²) in [6.45, 7) is 3.63. The molecule has 0 saturated heterocycles. The number of phosphoric acid groups is 1. The fourth-order valence-electron chi connectivity index (χ4n) is 5.37. The first-order chi connectivity index (χ1) is 22.8. The number of esters is 2. The van der Waals surface area contributed by atoms with Crippen LogP contribution in [0.4, 0.5) is 0 Å². The number of carbonyl (C=O) groups excluding carboxylic acids is 2. The molecule has 0 aromatic heterocycles. The Morgan fingerprint density at radius 1 is 0.553 bits per heavy atom. The lowest BCUT2D eigenvalue weighted by Gasteiger charge is -2.18. The zero-order valence-electron chi connectivity index (χ0n) is 30.2. The first-order valence-corrected chi connectivity index (χ1v) is 20.7. The van der Waals surface area contributed by atoms with E-state index < -0.39 is 32.5 Å². The van der Waals surface area contributed by atoms with Crippen molar-refractivity contribution in [2.75, 3.05) is 13.2 Å². The SMILES string of the molecule is CCCCCCCC/C=C/C/C=C/CCC(=O)OC(COC(=O)CCCCCCCCCCCCCCCCCC)COP(=O)(O)O. The van der Waals surface area contributed by atoms with Gasteiger partial charge in [0.15, 0.2) is 6.10 Å². The van der Waals surface area contributed by atoms with Crippen molar-refractivity contribution < 1.29 is 37.9 Å². The number of unbranched alkanes of at least 4 members (excludes halogenated alkanes) is 21. The van der Waals surface area contributed by atoms with Crippen LogP contribution in [0.15, 0.2) is 24.3 Å². The van der Waals surface area contributed by atoms with E-state index in [-0.39, 0.29) is 19.4 Å². The van der Waals surface area contributed by atoms with E-state index in [1.165, 1.54) is 122 Å². The highest BCUT2D eigenvalue weighted by Crippen LogP contribution is 2.36. The Morgan fingerprint density at radius 3 is 1.49 bits per heavy atom. The van der Waals surface area contributed by atoms with E-state index in [0.717, 1.165) is 32.1 Å². The second-order valence-electron chi connectivity index (χ2n) is 12.9. The second kappa shape index (κ2) is 34.4. The fraction of sp³-hybridized carbons (Fsp3) is 0.842. The highest BCUT2D eigenvalue weighted by molar-refractivity contribution is 7.46. The third kappa shape index (κ3) is 37.2. The summed E-state index contributed by atoms with van der Waals surface area (Å²) in [5.41, 5.74) is 0. The Labute approximate surface area is 288 Å². The number of ether oxygens (including phenoxy) is 2. The number of carbonyl (C=O) groups is 2. The van der Waals surface area contributed by atoms with Gasteiger partial charge in [-0.25, -0.2) is 4.57 Å². The van der Waals surface area contributed by atoms with Crippen LogP contribution in [0.5, 0.6) is 0 Å². The maximum Gasteiger partial charge on any atom is 0.469 e. The lowest BCUT2D eigenvalue weighted by Crippen LogP contribution is -2.29. The zero-order chi connectivity index (χ0) is 34.7. The third-order valence-electron chi connectivity index (χ3n) is 8.24. The van der Waals surface area contributed by atoms with Crippen molar-refractivity contribution in [1.82, 2.24) is 0 Å². The standard InChI is InChI=1S/C38H71O8P/c1-3-5-7-9-11-13-15-17-18-19-21-22-24-26-28-30-32-37(39)44-34-36(35-45-47(41,42)43)46-38(40)33-31-29-27-25-23-20-16-14-12-10-8-6-4-2/h20,23,27,29,36H,3-19,21-22,24-26,28,30-35H2,1-2H3,(H2,41,42,43)/b23-20+,29-27+. The van der Waals surface area contributed by atoms with Crippen molar-refractivity contribution in [1.29, 1.82) is 0 Å². The summed E-state index contributed by atoms with van der Waals surface area (Å²) in [5.74, 6) is -0.957. The Hall–Kier alpha value is -1.47. The molecule has 0 aliphatic rings. The first kappa shape index (κ1) is 45.5. The molecule has 9 heteroatoms. The topological polar surface area (TPSA) is 119 Å². The minimum absolute atomic E-state index is 0.109. The van der Waals surface area contributed by atoms with E-state index in [0.29, 0.717) is 6.42 Å². The van der Waals surface area contributed by atoms with Gasteiger partial charge in [0.05, 0.1) is 6.61 Å². The van der Waals surface area contributed by atoms with Crippen molar-refractivity contribution in [3.63, 3.8) is 0 Å². The minimum atomic E-state index is -4.76. The molecule has 0 spiro atoms. The highest BCUT2D eigenvalue weighted by atomic mass is 31.2. The van der Waals surface area contributed by atoms with E-state index >= 15 is 0 Å². The van der Waals surface area contributed by atoms with Gasteiger partial charge < -0.3 is 19.3 Å². The first-order valence-electron chi connectivity index (χ1n) is 19.1. The van der Waals surface area contributed by atoms with Crippen molar-refractivity contribution in [3.05, 3.63) is 24.3 Å². The van der Waals surface area contributed by atoms with E-state index in [1.807, 2.05) is 12.2 Å². The summed E-state index contributed by atoms with van der Waals surface area (Å²) in [6, 6.07) is 0. The maximum atomic E-state index is 12.3. The minimum Gasteiger partial charge on any atom is -0.462 e. The Morgan fingerprint density at radius 2 is 1.00 bits per heavy atom. The smallest absolute Gasteiger partial charge is 0.462 e. The van der Waals surface area contributed by atoms with Crippen molar-refractivity contribution >= 4 is 19.8 Å². The van der Waals surface area contributed by atoms with E-state index in [9.17, 15) is 14.2 Å². The quantitative estimate of drug-likeness (QED) is 0.0292. The van der Waals surface area contributed by atoms with Crippen LogP contribution in [-0.4, -0.2) is 41.0 Å². The predicted molar refractivity (Wildman–Crippen MR) is 193 cm³/mol. The molecule has 0 aromatic rings. The lowest BCUT2D eigenvalue weighted by molar-refractivity contribution is -0.161. The number of allylic oxidation sites excluding steroid dienone is 4. The normalized spacial score (nSPS) is 12.7. The number of hydrogen-bond acceptors (Lipinski definition) is 6. The van der Waals surface area contributed by atoms with Crippen LogP contribution in [0.25, 0.3) is 0 Å². The molecule has 2 N–H and O–H groups in total. The second-order valence-corrected chi connectivity index (χ2v) is 14.1. The van der Waals surface area contributed by atoms with Gasteiger partial charge in [0.1, 0.15) is 6.61 Å². The molecular formula is C38H71O8P. The molecule has 0 saturated carbocycles. The molecule has 0 aliphatic carbocycles. The Kier molecular flexibility index (Phi) is 33.3. The van der Waals surface area contributed by atoms with Gasteiger partial charge in [0, 0.05) is 12.8 Å². The predicted octanol–water partition coefficient (Wildman–Crippen LogP) is 11.2. The summed E-state index contributed by atoms with van der Waals surface area (Å²) in [5, 5.41) is 0. The number of hydrogen-bond donors (Lipinski definition) is 2. The van der Waals surface area contributed by atoms with Gasteiger partial charge in [-0.15, -0.1) is 0 Å². The molecule has 0 bridgehead atoms. The summed E-state index contributed by atoms with van der Waals surface area (Å²) < 4.78 is 26.2. The van der Waals surface area contributed by atoms with Gasteiger partial charge in [-0.3, -0.25) is 14.1 Å². The van der Waals surface area contributed by atoms with E-state index in [1.54, 1.807) is 0 Å². The molecule has 0 radical (unpaired) electrons. The third-order valence-corrected chi connectivity index (χ3v) is 8.72.